The molecule has 0 aromatic carbocycles. The summed E-state index contributed by atoms with van der Waals surface area (Å²) in [6.07, 6.45) is -1.84. The molecule has 0 amide bonds. The summed E-state index contributed by atoms with van der Waals surface area (Å²) in [5.41, 5.74) is 5.02. The van der Waals surface area contributed by atoms with Gasteiger partial charge < -0.3 is 10.5 Å². The Kier molecular flexibility index (Phi) is 2.87. The van der Waals surface area contributed by atoms with Crippen molar-refractivity contribution in [1.29, 1.82) is 0 Å². The zero-order valence-electron chi connectivity index (χ0n) is 4.52. The van der Waals surface area contributed by atoms with Crippen LogP contribution in [0.2, 0.25) is 0 Å². The molecule has 0 aliphatic heterocycles. The molecule has 44 valence electrons. The van der Waals surface area contributed by atoms with Crippen LogP contribution in [0.3, 0.4) is 0 Å². The maximum atomic E-state index is 11.8. The van der Waals surface area contributed by atoms with Gasteiger partial charge in [0.2, 0.25) is 0 Å². The standard InChI is InChI=1S/C4H10FNO/c1-3(5)4(6)7-2/h3-4H,6H2,1-2H3/t3-,4?/m1/s1. The van der Waals surface area contributed by atoms with Gasteiger partial charge in [-0.2, -0.15) is 0 Å². The van der Waals surface area contributed by atoms with Gasteiger partial charge in [-0.1, -0.05) is 0 Å². The van der Waals surface area contributed by atoms with E-state index in [1.165, 1.54) is 14.0 Å². The number of rotatable bonds is 2. The van der Waals surface area contributed by atoms with Crippen LogP contribution in [0.1, 0.15) is 6.92 Å². The summed E-state index contributed by atoms with van der Waals surface area (Å²) in [5, 5.41) is 0. The van der Waals surface area contributed by atoms with Gasteiger partial charge in [0.1, 0.15) is 12.4 Å². The van der Waals surface area contributed by atoms with E-state index in [0.717, 1.165) is 0 Å². The molecule has 2 N–H and O–H groups in total. The van der Waals surface area contributed by atoms with E-state index in [-0.39, 0.29) is 0 Å². The van der Waals surface area contributed by atoms with E-state index < -0.39 is 12.4 Å². The highest BCUT2D eigenvalue weighted by atomic mass is 19.1. The second-order valence-corrected chi connectivity index (χ2v) is 1.38. The fourth-order valence-electron chi connectivity index (χ4n) is 0.188. The van der Waals surface area contributed by atoms with E-state index in [1.54, 1.807) is 0 Å². The van der Waals surface area contributed by atoms with Crippen molar-refractivity contribution in [1.82, 2.24) is 0 Å². The zero-order valence-corrected chi connectivity index (χ0v) is 4.52. The molecule has 0 aromatic rings. The summed E-state index contributed by atoms with van der Waals surface area (Å²) in [4.78, 5) is 0. The third-order valence-corrected chi connectivity index (χ3v) is 0.725. The zero-order chi connectivity index (χ0) is 5.86. The molecule has 2 nitrogen and oxygen atoms in total. The van der Waals surface area contributed by atoms with E-state index in [1.807, 2.05) is 0 Å². The van der Waals surface area contributed by atoms with Gasteiger partial charge in [0.25, 0.3) is 0 Å². The van der Waals surface area contributed by atoms with Crippen molar-refractivity contribution in [3.05, 3.63) is 0 Å². The molecule has 1 unspecified atom stereocenters. The third-order valence-electron chi connectivity index (χ3n) is 0.725. The lowest BCUT2D eigenvalue weighted by atomic mass is 10.4. The Morgan fingerprint density at radius 1 is 1.71 bits per heavy atom. The van der Waals surface area contributed by atoms with E-state index in [4.69, 9.17) is 5.73 Å². The Hall–Kier alpha value is -0.150. The first kappa shape index (κ1) is 6.85. The number of ether oxygens (including phenoxy) is 1. The van der Waals surface area contributed by atoms with Crippen molar-refractivity contribution < 1.29 is 9.13 Å². The van der Waals surface area contributed by atoms with Crippen molar-refractivity contribution in [2.24, 2.45) is 5.73 Å². The van der Waals surface area contributed by atoms with Gasteiger partial charge in [-0.3, -0.25) is 0 Å². The van der Waals surface area contributed by atoms with E-state index in [2.05, 4.69) is 4.74 Å². The first-order chi connectivity index (χ1) is 3.18. The lowest BCUT2D eigenvalue weighted by molar-refractivity contribution is 0.0451. The third kappa shape index (κ3) is 2.53. The summed E-state index contributed by atoms with van der Waals surface area (Å²) in [6.45, 7) is 1.36. The smallest absolute Gasteiger partial charge is 0.136 e. The van der Waals surface area contributed by atoms with Crippen LogP contribution in [0.15, 0.2) is 0 Å². The van der Waals surface area contributed by atoms with Crippen LogP contribution in [-0.4, -0.2) is 19.5 Å². The van der Waals surface area contributed by atoms with E-state index in [9.17, 15) is 4.39 Å². The summed E-state index contributed by atoms with van der Waals surface area (Å²) in [7, 11) is 1.38. The summed E-state index contributed by atoms with van der Waals surface area (Å²) < 4.78 is 16.3. The van der Waals surface area contributed by atoms with Crippen LogP contribution in [-0.2, 0) is 4.74 Å². The van der Waals surface area contributed by atoms with Gasteiger partial charge in [-0.05, 0) is 6.92 Å². The van der Waals surface area contributed by atoms with Gasteiger partial charge in [-0.15, -0.1) is 0 Å². The second-order valence-electron chi connectivity index (χ2n) is 1.38. The molecule has 0 rings (SSSR count). The quantitative estimate of drug-likeness (QED) is 0.514. The van der Waals surface area contributed by atoms with Crippen molar-refractivity contribution in [3.63, 3.8) is 0 Å². The maximum absolute atomic E-state index is 11.8. The average Bonchev–Trinajstić information content (AvgIpc) is 1.65. The van der Waals surface area contributed by atoms with Crippen molar-refractivity contribution in [2.75, 3.05) is 7.11 Å². The average molecular weight is 107 g/mol. The largest absolute Gasteiger partial charge is 0.364 e. The van der Waals surface area contributed by atoms with Crippen LogP contribution < -0.4 is 5.73 Å². The number of hydrogen-bond acceptors (Lipinski definition) is 2. The lowest BCUT2D eigenvalue weighted by Crippen LogP contribution is -2.30. The molecule has 0 heterocycles. The predicted octanol–water partition coefficient (Wildman–Crippen LogP) is 0.276. The van der Waals surface area contributed by atoms with Crippen LogP contribution >= 0.6 is 0 Å². The SMILES string of the molecule is COC(N)[C@@H](C)F. The molecule has 0 fully saturated rings. The van der Waals surface area contributed by atoms with Crippen molar-refractivity contribution in [2.45, 2.75) is 19.3 Å². The molecule has 3 heteroatoms. The fraction of sp³-hybridized carbons (Fsp3) is 1.00. The normalized spacial score (nSPS) is 18.9. The van der Waals surface area contributed by atoms with Gasteiger partial charge in [-0.25, -0.2) is 4.39 Å². The molecule has 7 heavy (non-hydrogen) atoms. The monoisotopic (exact) mass is 107 g/mol. The Bertz CT molecular complexity index is 49.0. The fourth-order valence-corrected chi connectivity index (χ4v) is 0.188. The van der Waals surface area contributed by atoms with Gasteiger partial charge in [0.05, 0.1) is 0 Å². The Morgan fingerprint density at radius 2 is 2.14 bits per heavy atom. The summed E-state index contributed by atoms with van der Waals surface area (Å²) >= 11 is 0. The van der Waals surface area contributed by atoms with Crippen LogP contribution in [0.4, 0.5) is 4.39 Å². The number of hydrogen-bond donors (Lipinski definition) is 1. The van der Waals surface area contributed by atoms with Crippen LogP contribution in [0.25, 0.3) is 0 Å². The maximum Gasteiger partial charge on any atom is 0.136 e. The number of methoxy groups -OCH3 is 1. The molecule has 0 radical (unpaired) electrons. The highest BCUT2D eigenvalue weighted by Crippen LogP contribution is 1.92. The highest BCUT2D eigenvalue weighted by Gasteiger charge is 2.07. The summed E-state index contributed by atoms with van der Waals surface area (Å²) in [5.74, 6) is 0. The molecular weight excluding hydrogens is 97.0 g/mol. The second kappa shape index (κ2) is 2.93. The van der Waals surface area contributed by atoms with Gasteiger partial charge in [0, 0.05) is 7.11 Å². The Labute approximate surface area is 42.5 Å². The molecule has 0 saturated carbocycles. The molecule has 0 aliphatic carbocycles. The molecule has 0 spiro atoms. The van der Waals surface area contributed by atoms with E-state index >= 15 is 0 Å². The van der Waals surface area contributed by atoms with Crippen molar-refractivity contribution >= 4 is 0 Å². The first-order valence-corrected chi connectivity index (χ1v) is 2.11. The van der Waals surface area contributed by atoms with Gasteiger partial charge >= 0.3 is 0 Å². The topological polar surface area (TPSA) is 35.2 Å². The molecular formula is C4H10FNO. The number of halogens is 1. The predicted molar refractivity (Wildman–Crippen MR) is 25.6 cm³/mol. The highest BCUT2D eigenvalue weighted by molar-refractivity contribution is 4.52. The number of nitrogens with two attached hydrogens (primary N) is 1. The first-order valence-electron chi connectivity index (χ1n) is 2.11. The van der Waals surface area contributed by atoms with Gasteiger partial charge in [0.15, 0.2) is 0 Å². The lowest BCUT2D eigenvalue weighted by Gasteiger charge is -2.08. The Morgan fingerprint density at radius 3 is 2.14 bits per heavy atom. The van der Waals surface area contributed by atoms with Crippen molar-refractivity contribution in [3.8, 4) is 0 Å². The minimum atomic E-state index is -1.08. The molecule has 0 saturated heterocycles. The molecule has 0 aromatic heterocycles. The molecule has 0 bridgehead atoms. The van der Waals surface area contributed by atoms with Crippen LogP contribution in [0.5, 0.6) is 0 Å². The summed E-state index contributed by atoms with van der Waals surface area (Å²) in [6, 6.07) is 0. The minimum Gasteiger partial charge on any atom is -0.364 e. The minimum absolute atomic E-state index is 0.764. The van der Waals surface area contributed by atoms with Crippen LogP contribution in [0, 0.1) is 0 Å². The molecule has 0 aliphatic rings. The molecule has 2 atom stereocenters. The van der Waals surface area contributed by atoms with E-state index in [0.29, 0.717) is 0 Å². The number of alkyl halides is 1. The Balaban J connectivity index is 3.14.